The van der Waals surface area contributed by atoms with Gasteiger partial charge >= 0.3 is 0 Å². The first-order chi connectivity index (χ1) is 10.0. The van der Waals surface area contributed by atoms with Crippen LogP contribution in [-0.2, 0) is 11.3 Å². The number of aromatic nitrogens is 2. The van der Waals surface area contributed by atoms with Gasteiger partial charge in [0.1, 0.15) is 5.65 Å². The monoisotopic (exact) mass is 290 g/mol. The van der Waals surface area contributed by atoms with E-state index < -0.39 is 0 Å². The molecule has 0 radical (unpaired) electrons. The fourth-order valence-corrected chi connectivity index (χ4v) is 2.34. The molecule has 0 saturated heterocycles. The normalized spacial score (nSPS) is 13.0. The summed E-state index contributed by atoms with van der Waals surface area (Å²) in [6.07, 6.45) is 2.07. The fraction of sp³-hybridized carbons (Fsp3) is 0.562. The van der Waals surface area contributed by atoms with Crippen LogP contribution in [0.3, 0.4) is 0 Å². The topological polar surface area (TPSA) is 41.8 Å². The Morgan fingerprint density at radius 2 is 2.10 bits per heavy atom. The number of hydrogen-bond acceptors (Lipinski definition) is 4. The fourth-order valence-electron chi connectivity index (χ4n) is 2.34. The molecule has 0 fully saturated rings. The van der Waals surface area contributed by atoms with Crippen LogP contribution in [0.2, 0.25) is 0 Å². The number of pyridine rings is 1. The minimum Gasteiger partial charge on any atom is -0.383 e. The van der Waals surface area contributed by atoms with Gasteiger partial charge in [0.25, 0.3) is 0 Å². The summed E-state index contributed by atoms with van der Waals surface area (Å²) < 4.78 is 7.42. The number of imidazole rings is 1. The molecule has 0 aliphatic carbocycles. The van der Waals surface area contributed by atoms with Crippen LogP contribution in [-0.4, -0.2) is 42.2 Å². The van der Waals surface area contributed by atoms with Gasteiger partial charge in [0.2, 0.25) is 0 Å². The van der Waals surface area contributed by atoms with Crippen LogP contribution >= 0.6 is 0 Å². The number of nitrogens with one attached hydrogen (secondary N) is 1. The van der Waals surface area contributed by atoms with E-state index in [-0.39, 0.29) is 6.04 Å². The summed E-state index contributed by atoms with van der Waals surface area (Å²) >= 11 is 0. The van der Waals surface area contributed by atoms with Crippen molar-refractivity contribution >= 4 is 11.5 Å². The Labute approximate surface area is 126 Å². The zero-order valence-electron chi connectivity index (χ0n) is 13.6. The van der Waals surface area contributed by atoms with E-state index in [9.17, 15) is 0 Å². The third kappa shape index (κ3) is 3.54. The molecule has 0 amide bonds. The second-order valence-electron chi connectivity index (χ2n) is 5.76. The lowest BCUT2D eigenvalue weighted by Crippen LogP contribution is -2.34. The maximum atomic E-state index is 5.27. The molecule has 5 heteroatoms. The number of ether oxygens (including phenoxy) is 1. The smallest absolute Gasteiger partial charge is 0.152 e. The molecule has 1 atom stereocenters. The van der Waals surface area contributed by atoms with Crippen molar-refractivity contribution in [1.29, 1.82) is 0 Å². The molecule has 2 rings (SSSR count). The number of nitrogens with zero attached hydrogens (tertiary/aromatic N) is 3. The summed E-state index contributed by atoms with van der Waals surface area (Å²) in [6.45, 7) is 7.93. The van der Waals surface area contributed by atoms with Gasteiger partial charge in [-0.25, -0.2) is 4.98 Å². The predicted molar refractivity (Wildman–Crippen MR) is 86.9 cm³/mol. The van der Waals surface area contributed by atoms with E-state index in [1.54, 1.807) is 7.11 Å². The van der Waals surface area contributed by atoms with Crippen LogP contribution in [0.1, 0.15) is 26.5 Å². The van der Waals surface area contributed by atoms with E-state index in [1.807, 2.05) is 18.2 Å². The Morgan fingerprint density at radius 3 is 2.76 bits per heavy atom. The third-order valence-electron chi connectivity index (χ3n) is 3.69. The van der Waals surface area contributed by atoms with Crippen molar-refractivity contribution in [2.24, 2.45) is 0 Å². The summed E-state index contributed by atoms with van der Waals surface area (Å²) in [7, 11) is 3.81. The van der Waals surface area contributed by atoms with Crippen molar-refractivity contribution in [3.8, 4) is 0 Å². The van der Waals surface area contributed by atoms with Gasteiger partial charge in [-0.3, -0.25) is 0 Å². The van der Waals surface area contributed by atoms with Gasteiger partial charge < -0.3 is 19.4 Å². The molecule has 1 N–H and O–H groups in total. The van der Waals surface area contributed by atoms with Crippen molar-refractivity contribution in [3.05, 3.63) is 30.1 Å². The van der Waals surface area contributed by atoms with Gasteiger partial charge in [-0.15, -0.1) is 0 Å². The van der Waals surface area contributed by atoms with Crippen LogP contribution in [0.5, 0.6) is 0 Å². The highest BCUT2D eigenvalue weighted by Crippen LogP contribution is 2.22. The summed E-state index contributed by atoms with van der Waals surface area (Å²) in [5.74, 6) is 1.01. The molecule has 116 valence electrons. The summed E-state index contributed by atoms with van der Waals surface area (Å²) in [5, 5.41) is 3.49. The number of rotatable bonds is 7. The molecule has 0 aliphatic rings. The Hall–Kier alpha value is -1.59. The van der Waals surface area contributed by atoms with Crippen LogP contribution in [0.4, 0.5) is 5.82 Å². The average Bonchev–Trinajstić information content (AvgIpc) is 2.83. The standard InChI is InChI=1S/C16H26N4O/c1-12(2)17-10-14-16(19(4)13(3)11-21-5)18-15-8-6-7-9-20(14)15/h6-9,12-13,17H,10-11H2,1-5H3. The SMILES string of the molecule is COCC(C)N(C)c1nc2ccccn2c1CNC(C)C. The van der Waals surface area contributed by atoms with Gasteiger partial charge in [-0.1, -0.05) is 19.9 Å². The van der Waals surface area contributed by atoms with E-state index in [0.717, 1.165) is 18.0 Å². The van der Waals surface area contributed by atoms with Crippen molar-refractivity contribution in [2.45, 2.75) is 39.4 Å². The number of fused-ring (bicyclic) bond motifs is 1. The van der Waals surface area contributed by atoms with E-state index >= 15 is 0 Å². The molecule has 2 aromatic rings. The Balaban J connectivity index is 2.38. The molecular weight excluding hydrogens is 264 g/mol. The Morgan fingerprint density at radius 1 is 1.33 bits per heavy atom. The van der Waals surface area contributed by atoms with Crippen LogP contribution < -0.4 is 10.2 Å². The van der Waals surface area contributed by atoms with Crippen molar-refractivity contribution in [2.75, 3.05) is 25.7 Å². The molecule has 1 unspecified atom stereocenters. The van der Waals surface area contributed by atoms with Crippen LogP contribution in [0.25, 0.3) is 5.65 Å². The second kappa shape index (κ2) is 6.91. The number of hydrogen-bond donors (Lipinski definition) is 1. The first-order valence-corrected chi connectivity index (χ1v) is 7.45. The van der Waals surface area contributed by atoms with E-state index in [1.165, 1.54) is 5.69 Å². The van der Waals surface area contributed by atoms with Crippen LogP contribution in [0.15, 0.2) is 24.4 Å². The molecule has 0 bridgehead atoms. The first-order valence-electron chi connectivity index (χ1n) is 7.45. The van der Waals surface area contributed by atoms with E-state index in [2.05, 4.69) is 48.6 Å². The quantitative estimate of drug-likeness (QED) is 0.849. The lowest BCUT2D eigenvalue weighted by molar-refractivity contribution is 0.183. The Bertz CT molecular complexity index is 579. The molecule has 0 spiro atoms. The third-order valence-corrected chi connectivity index (χ3v) is 3.69. The largest absolute Gasteiger partial charge is 0.383 e. The van der Waals surface area contributed by atoms with Crippen molar-refractivity contribution in [3.63, 3.8) is 0 Å². The molecule has 5 nitrogen and oxygen atoms in total. The molecule has 2 aromatic heterocycles. The molecule has 0 aliphatic heterocycles. The zero-order chi connectivity index (χ0) is 15.4. The van der Waals surface area contributed by atoms with E-state index in [4.69, 9.17) is 9.72 Å². The van der Waals surface area contributed by atoms with Gasteiger partial charge in [0, 0.05) is 32.9 Å². The number of likely N-dealkylation sites (N-methyl/N-ethyl adjacent to an activating group) is 1. The molecule has 21 heavy (non-hydrogen) atoms. The number of anilines is 1. The summed E-state index contributed by atoms with van der Waals surface area (Å²) in [5.41, 5.74) is 2.16. The molecule has 2 heterocycles. The van der Waals surface area contributed by atoms with Gasteiger partial charge in [-0.2, -0.15) is 0 Å². The second-order valence-corrected chi connectivity index (χ2v) is 5.76. The highest BCUT2D eigenvalue weighted by atomic mass is 16.5. The lowest BCUT2D eigenvalue weighted by atomic mass is 10.3. The zero-order valence-corrected chi connectivity index (χ0v) is 13.6. The molecule has 0 aromatic carbocycles. The summed E-state index contributed by atoms with van der Waals surface area (Å²) in [6, 6.07) is 6.81. The maximum absolute atomic E-state index is 5.27. The van der Waals surface area contributed by atoms with Crippen LogP contribution in [0, 0.1) is 0 Å². The Kier molecular flexibility index (Phi) is 5.20. The highest BCUT2D eigenvalue weighted by molar-refractivity contribution is 5.56. The predicted octanol–water partition coefficient (Wildman–Crippen LogP) is 2.30. The molecular formula is C16H26N4O. The van der Waals surface area contributed by atoms with Crippen molar-refractivity contribution in [1.82, 2.24) is 14.7 Å². The minimum atomic E-state index is 0.276. The van der Waals surface area contributed by atoms with Gasteiger partial charge in [0.05, 0.1) is 18.3 Å². The summed E-state index contributed by atoms with van der Waals surface area (Å²) in [4.78, 5) is 6.98. The number of methoxy groups -OCH3 is 1. The molecule has 0 saturated carbocycles. The first kappa shape index (κ1) is 15.8. The van der Waals surface area contributed by atoms with E-state index in [0.29, 0.717) is 12.6 Å². The average molecular weight is 290 g/mol. The van der Waals surface area contributed by atoms with Crippen molar-refractivity contribution < 1.29 is 4.74 Å². The van der Waals surface area contributed by atoms with Gasteiger partial charge in [0.15, 0.2) is 5.82 Å². The van der Waals surface area contributed by atoms with Gasteiger partial charge in [-0.05, 0) is 19.1 Å². The highest BCUT2D eigenvalue weighted by Gasteiger charge is 2.19. The maximum Gasteiger partial charge on any atom is 0.152 e. The minimum absolute atomic E-state index is 0.276. The lowest BCUT2D eigenvalue weighted by Gasteiger charge is -2.25.